The Kier molecular flexibility index (Phi) is 8.45. The minimum Gasteiger partial charge on any atom is -0.389 e. The number of rotatable bonds is 11. The standard InChI is InChI=1S/C14H27N3O3/c1-12(2)20-9-8-19-11-13(18)10-15-5-4-14-16-6-7-17(14)3/h6-7,12-13,15,18H,4-5,8-11H2,1-3H3. The maximum Gasteiger partial charge on any atom is 0.109 e. The average molecular weight is 285 g/mol. The Balaban J connectivity index is 1.95. The molecule has 1 unspecified atom stereocenters. The quantitative estimate of drug-likeness (QED) is 0.574. The van der Waals surface area contributed by atoms with E-state index in [0.717, 1.165) is 18.8 Å². The van der Waals surface area contributed by atoms with Gasteiger partial charge in [-0.2, -0.15) is 0 Å². The lowest BCUT2D eigenvalue weighted by Crippen LogP contribution is -2.32. The van der Waals surface area contributed by atoms with Crippen LogP contribution in [0.15, 0.2) is 12.4 Å². The van der Waals surface area contributed by atoms with E-state index in [1.54, 1.807) is 6.20 Å². The van der Waals surface area contributed by atoms with Gasteiger partial charge in [-0.15, -0.1) is 0 Å². The van der Waals surface area contributed by atoms with Crippen LogP contribution in [0.4, 0.5) is 0 Å². The number of nitrogens with one attached hydrogen (secondary N) is 1. The van der Waals surface area contributed by atoms with Gasteiger partial charge in [0.15, 0.2) is 0 Å². The molecule has 0 amide bonds. The highest BCUT2D eigenvalue weighted by Crippen LogP contribution is 1.94. The fourth-order valence-electron chi connectivity index (χ4n) is 1.73. The van der Waals surface area contributed by atoms with E-state index in [0.29, 0.717) is 26.4 Å². The summed E-state index contributed by atoms with van der Waals surface area (Å²) in [5.74, 6) is 1.04. The van der Waals surface area contributed by atoms with Crippen molar-refractivity contribution in [1.29, 1.82) is 0 Å². The van der Waals surface area contributed by atoms with Crippen molar-refractivity contribution >= 4 is 0 Å². The molecular formula is C14H27N3O3. The summed E-state index contributed by atoms with van der Waals surface area (Å²) in [4.78, 5) is 4.24. The van der Waals surface area contributed by atoms with Gasteiger partial charge >= 0.3 is 0 Å². The molecule has 6 heteroatoms. The van der Waals surface area contributed by atoms with Crippen molar-refractivity contribution in [1.82, 2.24) is 14.9 Å². The van der Waals surface area contributed by atoms with Crippen molar-refractivity contribution in [3.05, 3.63) is 18.2 Å². The molecule has 2 N–H and O–H groups in total. The van der Waals surface area contributed by atoms with Crippen molar-refractivity contribution in [3.63, 3.8) is 0 Å². The molecule has 116 valence electrons. The van der Waals surface area contributed by atoms with Gasteiger partial charge in [0, 0.05) is 39.0 Å². The lowest BCUT2D eigenvalue weighted by Gasteiger charge is -2.13. The first-order valence-electron chi connectivity index (χ1n) is 7.14. The van der Waals surface area contributed by atoms with Gasteiger partial charge in [-0.1, -0.05) is 0 Å². The lowest BCUT2D eigenvalue weighted by molar-refractivity contribution is -0.00990. The van der Waals surface area contributed by atoms with Crippen molar-refractivity contribution in [2.45, 2.75) is 32.5 Å². The summed E-state index contributed by atoms with van der Waals surface area (Å²) >= 11 is 0. The fraction of sp³-hybridized carbons (Fsp3) is 0.786. The zero-order chi connectivity index (χ0) is 14.8. The highest BCUT2D eigenvalue weighted by Gasteiger charge is 2.04. The van der Waals surface area contributed by atoms with Gasteiger partial charge in [0.2, 0.25) is 0 Å². The summed E-state index contributed by atoms with van der Waals surface area (Å²) in [6.07, 6.45) is 4.29. The Hall–Kier alpha value is -0.950. The van der Waals surface area contributed by atoms with Gasteiger partial charge in [-0.05, 0) is 13.8 Å². The maximum atomic E-state index is 9.72. The van der Waals surface area contributed by atoms with Gasteiger partial charge in [-0.3, -0.25) is 0 Å². The van der Waals surface area contributed by atoms with Crippen molar-refractivity contribution in [2.24, 2.45) is 7.05 Å². The number of hydrogen-bond donors (Lipinski definition) is 2. The monoisotopic (exact) mass is 285 g/mol. The number of aliphatic hydroxyl groups excluding tert-OH is 1. The SMILES string of the molecule is CC(C)OCCOCC(O)CNCCc1nccn1C. The van der Waals surface area contributed by atoms with Gasteiger partial charge in [0.25, 0.3) is 0 Å². The van der Waals surface area contributed by atoms with E-state index >= 15 is 0 Å². The van der Waals surface area contributed by atoms with Crippen LogP contribution >= 0.6 is 0 Å². The van der Waals surface area contributed by atoms with E-state index in [1.165, 1.54) is 0 Å². The lowest BCUT2D eigenvalue weighted by atomic mass is 10.3. The molecule has 0 aromatic carbocycles. The fourth-order valence-corrected chi connectivity index (χ4v) is 1.73. The average Bonchev–Trinajstić information content (AvgIpc) is 2.79. The summed E-state index contributed by atoms with van der Waals surface area (Å²) in [6.45, 7) is 6.70. The molecule has 0 spiro atoms. The van der Waals surface area contributed by atoms with Gasteiger partial charge < -0.3 is 24.5 Å². The molecule has 0 saturated carbocycles. The molecule has 1 aromatic rings. The molecule has 0 aliphatic heterocycles. The number of nitrogens with zero attached hydrogens (tertiary/aromatic N) is 2. The molecule has 0 aliphatic rings. The summed E-state index contributed by atoms with van der Waals surface area (Å²) < 4.78 is 12.7. The summed E-state index contributed by atoms with van der Waals surface area (Å²) in [5, 5.41) is 12.9. The third-order valence-corrected chi connectivity index (χ3v) is 2.82. The number of imidazole rings is 1. The van der Waals surface area contributed by atoms with Crippen LogP contribution in [0.3, 0.4) is 0 Å². The van der Waals surface area contributed by atoms with Crippen molar-refractivity contribution < 1.29 is 14.6 Å². The Morgan fingerprint density at radius 3 is 2.85 bits per heavy atom. The largest absolute Gasteiger partial charge is 0.389 e. The molecule has 0 fully saturated rings. The third kappa shape index (κ3) is 7.59. The number of aryl methyl sites for hydroxylation is 1. The van der Waals surface area contributed by atoms with E-state index in [-0.39, 0.29) is 6.10 Å². The second kappa shape index (κ2) is 9.88. The minimum atomic E-state index is -0.490. The normalized spacial score (nSPS) is 13.1. The number of aliphatic hydroxyl groups is 1. The summed E-state index contributed by atoms with van der Waals surface area (Å²) in [5.41, 5.74) is 0. The van der Waals surface area contributed by atoms with Gasteiger partial charge in [0.1, 0.15) is 5.82 Å². The van der Waals surface area contributed by atoms with Gasteiger partial charge in [0.05, 0.1) is 32.0 Å². The second-order valence-electron chi connectivity index (χ2n) is 5.06. The van der Waals surface area contributed by atoms with E-state index in [9.17, 15) is 5.11 Å². The van der Waals surface area contributed by atoms with Crippen LogP contribution in [-0.2, 0) is 22.9 Å². The van der Waals surface area contributed by atoms with E-state index in [4.69, 9.17) is 9.47 Å². The molecule has 0 saturated heterocycles. The van der Waals surface area contributed by atoms with E-state index < -0.39 is 6.10 Å². The molecule has 1 aromatic heterocycles. The van der Waals surface area contributed by atoms with Crippen LogP contribution in [0.1, 0.15) is 19.7 Å². The molecule has 1 rings (SSSR count). The molecule has 6 nitrogen and oxygen atoms in total. The van der Waals surface area contributed by atoms with Crippen molar-refractivity contribution in [3.8, 4) is 0 Å². The predicted molar refractivity (Wildman–Crippen MR) is 77.7 cm³/mol. The minimum absolute atomic E-state index is 0.219. The zero-order valence-corrected chi connectivity index (χ0v) is 12.7. The molecule has 0 bridgehead atoms. The number of ether oxygens (including phenoxy) is 2. The van der Waals surface area contributed by atoms with Gasteiger partial charge in [-0.25, -0.2) is 4.98 Å². The number of aromatic nitrogens is 2. The first-order valence-corrected chi connectivity index (χ1v) is 7.14. The molecule has 1 atom stereocenters. The van der Waals surface area contributed by atoms with Crippen LogP contribution in [0.2, 0.25) is 0 Å². The zero-order valence-electron chi connectivity index (χ0n) is 12.7. The maximum absolute atomic E-state index is 9.72. The van der Waals surface area contributed by atoms with Crippen LogP contribution < -0.4 is 5.32 Å². The van der Waals surface area contributed by atoms with Crippen LogP contribution in [-0.4, -0.2) is 59.8 Å². The van der Waals surface area contributed by atoms with E-state index in [1.807, 2.05) is 31.7 Å². The second-order valence-corrected chi connectivity index (χ2v) is 5.06. The number of hydrogen-bond acceptors (Lipinski definition) is 5. The Bertz CT molecular complexity index is 355. The Morgan fingerprint density at radius 2 is 2.20 bits per heavy atom. The third-order valence-electron chi connectivity index (χ3n) is 2.82. The van der Waals surface area contributed by atoms with Crippen LogP contribution in [0, 0.1) is 0 Å². The molecule has 20 heavy (non-hydrogen) atoms. The predicted octanol–water partition coefficient (Wildman–Crippen LogP) is 0.355. The molecule has 1 heterocycles. The molecular weight excluding hydrogens is 258 g/mol. The molecule has 0 radical (unpaired) electrons. The smallest absolute Gasteiger partial charge is 0.109 e. The summed E-state index contributed by atoms with van der Waals surface area (Å²) in [7, 11) is 1.98. The highest BCUT2D eigenvalue weighted by molar-refractivity contribution is 4.91. The van der Waals surface area contributed by atoms with Crippen molar-refractivity contribution in [2.75, 3.05) is 32.9 Å². The van der Waals surface area contributed by atoms with E-state index in [2.05, 4.69) is 10.3 Å². The topological polar surface area (TPSA) is 68.5 Å². The first-order chi connectivity index (χ1) is 9.59. The van der Waals surface area contributed by atoms with Crippen LogP contribution in [0.25, 0.3) is 0 Å². The molecule has 0 aliphatic carbocycles. The Labute approximate surface area is 121 Å². The highest BCUT2D eigenvalue weighted by atomic mass is 16.5. The first kappa shape index (κ1) is 17.1. The Morgan fingerprint density at radius 1 is 1.40 bits per heavy atom. The van der Waals surface area contributed by atoms with Crippen LogP contribution in [0.5, 0.6) is 0 Å². The summed E-state index contributed by atoms with van der Waals surface area (Å²) in [6, 6.07) is 0.